The van der Waals surface area contributed by atoms with Crippen LogP contribution in [-0.4, -0.2) is 39.3 Å². The smallest absolute Gasteiger partial charge is 0.459 e. The number of rotatable bonds is 6. The highest BCUT2D eigenvalue weighted by Crippen LogP contribution is 2.60. The molecule has 0 spiro atoms. The first-order chi connectivity index (χ1) is 12.8. The van der Waals surface area contributed by atoms with E-state index in [1.54, 1.807) is 0 Å². The molecule has 4 aliphatic carbocycles. The van der Waals surface area contributed by atoms with E-state index in [1.807, 2.05) is 7.05 Å². The molecule has 0 aromatic carbocycles. The summed E-state index contributed by atoms with van der Waals surface area (Å²) in [5.41, 5.74) is 0.164. The van der Waals surface area contributed by atoms with Crippen LogP contribution in [0.4, 0.5) is 13.2 Å². The Morgan fingerprint density at radius 1 is 1.19 bits per heavy atom. The maximum atomic E-state index is 12.1. The molecule has 27 heavy (non-hydrogen) atoms. The molecular formula is C18H24F3N3O2S. The van der Waals surface area contributed by atoms with Gasteiger partial charge in [-0.05, 0) is 62.7 Å². The van der Waals surface area contributed by atoms with Gasteiger partial charge in [0.15, 0.2) is 5.16 Å². The van der Waals surface area contributed by atoms with E-state index >= 15 is 0 Å². The summed E-state index contributed by atoms with van der Waals surface area (Å²) in [7, 11) is 1.99. The first kappa shape index (κ1) is 19.1. The Morgan fingerprint density at radius 3 is 2.33 bits per heavy atom. The van der Waals surface area contributed by atoms with Crippen LogP contribution < -0.4 is 0 Å². The molecule has 150 valence electrons. The summed E-state index contributed by atoms with van der Waals surface area (Å²) in [6, 6.07) is 0. The average molecular weight is 403 g/mol. The minimum absolute atomic E-state index is 0.164. The van der Waals surface area contributed by atoms with E-state index in [0.717, 1.165) is 28.7 Å². The topological polar surface area (TPSA) is 57.0 Å². The molecule has 0 saturated heterocycles. The van der Waals surface area contributed by atoms with E-state index in [-0.39, 0.29) is 12.0 Å². The third-order valence-corrected chi connectivity index (χ3v) is 7.44. The molecule has 0 N–H and O–H groups in total. The fourth-order valence-corrected chi connectivity index (χ4v) is 6.58. The van der Waals surface area contributed by atoms with Crippen LogP contribution in [0.3, 0.4) is 0 Å². The molecular weight excluding hydrogens is 379 g/mol. The van der Waals surface area contributed by atoms with Gasteiger partial charge in [0, 0.05) is 18.2 Å². The Kier molecular flexibility index (Phi) is 4.93. The van der Waals surface area contributed by atoms with Crippen molar-refractivity contribution < 1.29 is 22.7 Å². The number of halogens is 3. The minimum Gasteiger partial charge on any atom is -0.459 e. The second kappa shape index (κ2) is 6.97. The van der Waals surface area contributed by atoms with Gasteiger partial charge in [0.05, 0.1) is 6.61 Å². The average Bonchev–Trinajstić information content (AvgIpc) is 2.94. The number of nitrogens with zero attached hydrogens (tertiary/aromatic N) is 3. The molecule has 0 amide bonds. The lowest BCUT2D eigenvalue weighted by Crippen LogP contribution is -2.49. The van der Waals surface area contributed by atoms with E-state index in [0.29, 0.717) is 12.2 Å². The van der Waals surface area contributed by atoms with Crippen molar-refractivity contribution in [2.75, 3.05) is 12.4 Å². The lowest BCUT2D eigenvalue weighted by Gasteiger charge is -2.56. The highest BCUT2D eigenvalue weighted by atomic mass is 32.2. The van der Waals surface area contributed by atoms with Crippen LogP contribution in [0.15, 0.2) is 5.16 Å². The molecule has 0 radical (unpaired) electrons. The number of alkyl halides is 3. The number of carbonyl (C=O) groups is 1. The molecule has 0 aliphatic heterocycles. The fraction of sp³-hybridized carbons (Fsp3) is 0.833. The zero-order chi connectivity index (χ0) is 19.2. The molecule has 0 atom stereocenters. The number of ether oxygens (including phenoxy) is 1. The molecule has 4 fully saturated rings. The molecule has 1 aromatic rings. The van der Waals surface area contributed by atoms with Crippen LogP contribution in [0.5, 0.6) is 0 Å². The van der Waals surface area contributed by atoms with Crippen molar-refractivity contribution >= 4 is 17.7 Å². The molecule has 5 nitrogen and oxygen atoms in total. The summed E-state index contributed by atoms with van der Waals surface area (Å²) in [5, 5.41) is 9.64. The van der Waals surface area contributed by atoms with Gasteiger partial charge < -0.3 is 9.30 Å². The minimum atomic E-state index is -4.93. The quantitative estimate of drug-likeness (QED) is 0.410. The van der Waals surface area contributed by atoms with Gasteiger partial charge >= 0.3 is 12.1 Å². The molecule has 1 aromatic heterocycles. The van der Waals surface area contributed by atoms with Crippen molar-refractivity contribution in [3.05, 3.63) is 5.82 Å². The van der Waals surface area contributed by atoms with Gasteiger partial charge in [-0.15, -0.1) is 10.2 Å². The van der Waals surface area contributed by atoms with Gasteiger partial charge in [-0.25, -0.2) is 4.79 Å². The lowest BCUT2D eigenvalue weighted by atomic mass is 9.49. The highest BCUT2D eigenvalue weighted by Gasteiger charge is 2.53. The van der Waals surface area contributed by atoms with E-state index in [1.165, 1.54) is 50.3 Å². The Balaban J connectivity index is 1.33. The van der Waals surface area contributed by atoms with Gasteiger partial charge in [-0.3, -0.25) is 0 Å². The number of esters is 1. The Bertz CT molecular complexity index is 684. The highest BCUT2D eigenvalue weighted by molar-refractivity contribution is 7.99. The third-order valence-electron chi connectivity index (χ3n) is 6.33. The summed E-state index contributed by atoms with van der Waals surface area (Å²) in [4.78, 5) is 10.7. The van der Waals surface area contributed by atoms with Crippen molar-refractivity contribution in [1.82, 2.24) is 14.8 Å². The molecule has 0 unspecified atom stereocenters. The maximum Gasteiger partial charge on any atom is 0.490 e. The van der Waals surface area contributed by atoms with Crippen molar-refractivity contribution in [3.8, 4) is 0 Å². The number of hydrogen-bond acceptors (Lipinski definition) is 5. The lowest BCUT2D eigenvalue weighted by molar-refractivity contribution is -0.199. The van der Waals surface area contributed by atoms with Gasteiger partial charge in [-0.1, -0.05) is 11.8 Å². The SMILES string of the molecule is Cn1c(SCCCOC(=O)C(F)(F)F)nnc1C12CC3CC(CC(C3)C1)C2. The van der Waals surface area contributed by atoms with E-state index in [2.05, 4.69) is 19.5 Å². The second-order valence-electron chi connectivity index (χ2n) is 8.40. The Morgan fingerprint density at radius 2 is 1.78 bits per heavy atom. The third kappa shape index (κ3) is 3.71. The number of aromatic nitrogens is 3. The Hall–Kier alpha value is -1.25. The van der Waals surface area contributed by atoms with Crippen LogP contribution >= 0.6 is 11.8 Å². The van der Waals surface area contributed by atoms with Gasteiger partial charge in [0.2, 0.25) is 0 Å². The van der Waals surface area contributed by atoms with E-state index in [9.17, 15) is 18.0 Å². The molecule has 4 saturated carbocycles. The predicted molar refractivity (Wildman–Crippen MR) is 93.2 cm³/mol. The summed E-state index contributed by atoms with van der Waals surface area (Å²) in [5.74, 6) is 1.95. The molecule has 4 bridgehead atoms. The zero-order valence-electron chi connectivity index (χ0n) is 15.3. The van der Waals surface area contributed by atoms with Crippen LogP contribution in [0.1, 0.15) is 50.8 Å². The first-order valence-corrected chi connectivity index (χ1v) is 10.5. The van der Waals surface area contributed by atoms with Crippen molar-refractivity contribution in [2.45, 2.75) is 61.7 Å². The maximum absolute atomic E-state index is 12.1. The summed E-state index contributed by atoms with van der Waals surface area (Å²) < 4.78 is 42.6. The van der Waals surface area contributed by atoms with Crippen LogP contribution in [-0.2, 0) is 22.0 Å². The van der Waals surface area contributed by atoms with E-state index < -0.39 is 12.1 Å². The van der Waals surface area contributed by atoms with Crippen molar-refractivity contribution in [3.63, 3.8) is 0 Å². The number of carbonyl (C=O) groups excluding carboxylic acids is 1. The van der Waals surface area contributed by atoms with Crippen LogP contribution in [0, 0.1) is 17.8 Å². The first-order valence-electron chi connectivity index (χ1n) is 9.53. The zero-order valence-corrected chi connectivity index (χ0v) is 16.1. The van der Waals surface area contributed by atoms with Gasteiger partial charge in [0.1, 0.15) is 5.82 Å². The fourth-order valence-electron chi connectivity index (χ4n) is 5.76. The molecule has 5 rings (SSSR count). The number of thioether (sulfide) groups is 1. The molecule has 4 aliphatic rings. The molecule has 9 heteroatoms. The monoisotopic (exact) mass is 403 g/mol. The normalized spacial score (nSPS) is 32.1. The van der Waals surface area contributed by atoms with Crippen LogP contribution in [0.2, 0.25) is 0 Å². The largest absolute Gasteiger partial charge is 0.490 e. The molecule has 1 heterocycles. The van der Waals surface area contributed by atoms with Gasteiger partial charge in [-0.2, -0.15) is 13.2 Å². The summed E-state index contributed by atoms with van der Waals surface area (Å²) >= 11 is 1.45. The second-order valence-corrected chi connectivity index (χ2v) is 9.46. The van der Waals surface area contributed by atoms with Gasteiger partial charge in [0.25, 0.3) is 0 Å². The Labute approximate surface area is 160 Å². The van der Waals surface area contributed by atoms with Crippen LogP contribution in [0.25, 0.3) is 0 Å². The summed E-state index contributed by atoms with van der Waals surface area (Å²) in [6.07, 6.45) is 3.16. The van der Waals surface area contributed by atoms with Crippen molar-refractivity contribution in [1.29, 1.82) is 0 Å². The predicted octanol–water partition coefficient (Wildman–Crippen LogP) is 3.87. The summed E-state index contributed by atoms with van der Waals surface area (Å²) in [6.45, 7) is -0.245. The van der Waals surface area contributed by atoms with Crippen molar-refractivity contribution in [2.24, 2.45) is 24.8 Å². The van der Waals surface area contributed by atoms with E-state index in [4.69, 9.17) is 0 Å². The number of hydrogen-bond donors (Lipinski definition) is 0. The standard InChI is InChI=1S/C18H24F3N3O2S/c1-24-14(17-8-11-5-12(9-17)7-13(6-11)10-17)22-23-16(24)27-4-2-3-26-15(25)18(19,20)21/h11-13H,2-10H2,1H3.